The minimum Gasteiger partial charge on any atom is -0.426 e. The number of non-ortho nitro benzene ring substituents is 1. The molecule has 0 unspecified atom stereocenters. The van der Waals surface area contributed by atoms with Gasteiger partial charge in [0, 0.05) is 24.8 Å². The van der Waals surface area contributed by atoms with Crippen LogP contribution < -0.4 is 4.74 Å². The van der Waals surface area contributed by atoms with Gasteiger partial charge in [0.2, 0.25) is 0 Å². The van der Waals surface area contributed by atoms with Crippen LogP contribution in [0.1, 0.15) is 13.8 Å². The molecule has 0 saturated carbocycles. The number of nitro benzene ring substituents is 1. The number of benzene rings is 1. The molecule has 0 saturated heterocycles. The number of carbonyl (C=O) groups excluding carboxylic acids is 2. The third-order valence-electron chi connectivity index (χ3n) is 2.20. The number of thioether (sulfide) groups is 1. The fourth-order valence-corrected chi connectivity index (χ4v) is 1.78. The summed E-state index contributed by atoms with van der Waals surface area (Å²) in [6.45, 7) is 3.09. The van der Waals surface area contributed by atoms with Crippen LogP contribution in [0.15, 0.2) is 24.3 Å². The van der Waals surface area contributed by atoms with E-state index in [4.69, 9.17) is 4.74 Å². The normalized spacial score (nSPS) is 11.7. The molecule has 1 aromatic carbocycles. The predicted molar refractivity (Wildman–Crippen MR) is 71.0 cm³/mol. The monoisotopic (exact) mass is 283 g/mol. The molecule has 1 rings (SSSR count). The molecule has 0 aromatic heterocycles. The topological polar surface area (TPSA) is 86.5 Å². The fourth-order valence-electron chi connectivity index (χ4n) is 1.16. The molecule has 6 nitrogen and oxygen atoms in total. The lowest BCUT2D eigenvalue weighted by molar-refractivity contribution is -0.384. The van der Waals surface area contributed by atoms with Crippen molar-refractivity contribution >= 4 is 28.5 Å². The second-order valence-corrected chi connectivity index (χ2v) is 5.07. The van der Waals surface area contributed by atoms with E-state index in [1.54, 1.807) is 6.92 Å². The highest BCUT2D eigenvalue weighted by molar-refractivity contribution is 8.13. The largest absolute Gasteiger partial charge is 0.426 e. The Morgan fingerprint density at radius 1 is 1.37 bits per heavy atom. The highest BCUT2D eigenvalue weighted by Gasteiger charge is 2.16. The Hall–Kier alpha value is -1.89. The second-order valence-electron chi connectivity index (χ2n) is 3.88. The number of nitro groups is 1. The lowest BCUT2D eigenvalue weighted by atomic mass is 10.2. The smallest absolute Gasteiger partial charge is 0.314 e. The number of nitrogens with zero attached hydrogens (tertiary/aromatic N) is 1. The number of rotatable bonds is 5. The van der Waals surface area contributed by atoms with E-state index in [2.05, 4.69) is 0 Å². The Labute approximate surface area is 114 Å². The van der Waals surface area contributed by atoms with Crippen LogP contribution in [0.5, 0.6) is 5.75 Å². The average molecular weight is 283 g/mol. The van der Waals surface area contributed by atoms with Crippen molar-refractivity contribution in [2.75, 3.05) is 5.75 Å². The summed E-state index contributed by atoms with van der Waals surface area (Å²) >= 11 is 1.06. The van der Waals surface area contributed by atoms with Crippen LogP contribution in [0.2, 0.25) is 0 Å². The van der Waals surface area contributed by atoms with Gasteiger partial charge in [-0.15, -0.1) is 0 Å². The van der Waals surface area contributed by atoms with E-state index in [9.17, 15) is 19.7 Å². The fraction of sp³-hybridized carbons (Fsp3) is 0.333. The van der Waals surface area contributed by atoms with E-state index in [0.717, 1.165) is 11.8 Å². The van der Waals surface area contributed by atoms with Crippen LogP contribution in [0.3, 0.4) is 0 Å². The molecule has 102 valence electrons. The van der Waals surface area contributed by atoms with E-state index >= 15 is 0 Å². The molecule has 0 amide bonds. The summed E-state index contributed by atoms with van der Waals surface area (Å²) in [6.07, 6.45) is 0. The van der Waals surface area contributed by atoms with E-state index in [-0.39, 0.29) is 16.6 Å². The van der Waals surface area contributed by atoms with Crippen molar-refractivity contribution in [3.63, 3.8) is 0 Å². The van der Waals surface area contributed by atoms with Crippen LogP contribution in [0.4, 0.5) is 5.69 Å². The van der Waals surface area contributed by atoms with Gasteiger partial charge in [-0.25, -0.2) is 0 Å². The van der Waals surface area contributed by atoms with Crippen molar-refractivity contribution in [2.24, 2.45) is 5.92 Å². The van der Waals surface area contributed by atoms with Crippen molar-refractivity contribution in [1.29, 1.82) is 0 Å². The number of hydrogen-bond donors (Lipinski definition) is 0. The van der Waals surface area contributed by atoms with Crippen LogP contribution >= 0.6 is 11.8 Å². The lowest BCUT2D eigenvalue weighted by Gasteiger charge is -2.09. The molecule has 0 radical (unpaired) electrons. The van der Waals surface area contributed by atoms with Gasteiger partial charge in [0.05, 0.1) is 10.8 Å². The molecule has 0 aliphatic heterocycles. The summed E-state index contributed by atoms with van der Waals surface area (Å²) in [6, 6.07) is 5.25. The molecule has 0 aliphatic rings. The van der Waals surface area contributed by atoms with Crippen molar-refractivity contribution in [1.82, 2.24) is 0 Å². The number of ether oxygens (including phenoxy) is 1. The van der Waals surface area contributed by atoms with E-state index in [0.29, 0.717) is 5.75 Å². The number of carbonyl (C=O) groups is 2. The Morgan fingerprint density at radius 3 is 2.42 bits per heavy atom. The van der Waals surface area contributed by atoms with Crippen molar-refractivity contribution in [2.45, 2.75) is 13.8 Å². The molecule has 0 N–H and O–H groups in total. The van der Waals surface area contributed by atoms with Crippen molar-refractivity contribution in [3.05, 3.63) is 34.4 Å². The van der Waals surface area contributed by atoms with Gasteiger partial charge in [-0.1, -0.05) is 18.7 Å². The van der Waals surface area contributed by atoms with Gasteiger partial charge in [-0.2, -0.15) is 0 Å². The molecule has 7 heteroatoms. The summed E-state index contributed by atoms with van der Waals surface area (Å²) in [5.74, 6) is -0.303. The van der Waals surface area contributed by atoms with Crippen LogP contribution in [0, 0.1) is 16.0 Å². The summed E-state index contributed by atoms with van der Waals surface area (Å²) < 4.78 is 5.06. The third-order valence-corrected chi connectivity index (χ3v) is 3.28. The molecule has 0 heterocycles. The maximum atomic E-state index is 11.7. The molecular weight excluding hydrogens is 270 g/mol. The van der Waals surface area contributed by atoms with Crippen molar-refractivity contribution < 1.29 is 19.2 Å². The van der Waals surface area contributed by atoms with E-state index in [1.807, 2.05) is 0 Å². The van der Waals surface area contributed by atoms with Gasteiger partial charge in [0.1, 0.15) is 5.75 Å². The molecule has 0 aliphatic carbocycles. The first-order valence-electron chi connectivity index (χ1n) is 5.49. The maximum Gasteiger partial charge on any atom is 0.314 e. The highest BCUT2D eigenvalue weighted by atomic mass is 32.2. The summed E-state index contributed by atoms with van der Waals surface area (Å²) in [7, 11) is 0. The average Bonchev–Trinajstić information content (AvgIpc) is 2.36. The minimum atomic E-state index is -0.530. The Morgan fingerprint density at radius 2 is 1.95 bits per heavy atom. The first-order chi connectivity index (χ1) is 8.90. The zero-order chi connectivity index (χ0) is 14.4. The third kappa shape index (κ3) is 5.09. The molecule has 1 aromatic rings. The quantitative estimate of drug-likeness (QED) is 0.357. The van der Waals surface area contributed by atoms with Gasteiger partial charge in [0.15, 0.2) is 5.12 Å². The van der Waals surface area contributed by atoms with Gasteiger partial charge in [-0.3, -0.25) is 19.7 Å². The molecule has 1 atom stereocenters. The van der Waals surface area contributed by atoms with Gasteiger partial charge in [0.25, 0.3) is 5.69 Å². The second kappa shape index (κ2) is 6.89. The zero-order valence-electron chi connectivity index (χ0n) is 10.5. The Kier molecular flexibility index (Phi) is 5.50. The molecule has 0 spiro atoms. The molecule has 0 bridgehead atoms. The predicted octanol–water partition coefficient (Wildman–Crippen LogP) is 2.42. The van der Waals surface area contributed by atoms with E-state index < -0.39 is 16.8 Å². The first-order valence-corrected chi connectivity index (χ1v) is 6.48. The standard InChI is InChI=1S/C12H13NO5S/c1-8(7-19-9(2)14)12(15)18-11-5-3-10(4-6-11)13(16)17/h3-6,8H,7H2,1-2H3/t8-/m1/s1. The SMILES string of the molecule is CC(=O)SC[C@@H](C)C(=O)Oc1ccc([N+](=O)[O-])cc1. The van der Waals surface area contributed by atoms with Gasteiger partial charge in [-0.05, 0) is 12.1 Å². The molecular formula is C12H13NO5S. The highest BCUT2D eigenvalue weighted by Crippen LogP contribution is 2.19. The Balaban J connectivity index is 2.56. The minimum absolute atomic E-state index is 0.0602. The van der Waals surface area contributed by atoms with Crippen molar-refractivity contribution in [3.8, 4) is 5.75 Å². The van der Waals surface area contributed by atoms with Gasteiger partial charge < -0.3 is 4.74 Å². The van der Waals surface area contributed by atoms with Crippen LogP contribution in [-0.2, 0) is 9.59 Å². The van der Waals surface area contributed by atoms with Crippen LogP contribution in [-0.4, -0.2) is 21.8 Å². The summed E-state index contributed by atoms with van der Waals surface area (Å²) in [4.78, 5) is 32.4. The van der Waals surface area contributed by atoms with Crippen LogP contribution in [0.25, 0.3) is 0 Å². The zero-order valence-corrected chi connectivity index (χ0v) is 11.3. The lowest BCUT2D eigenvalue weighted by Crippen LogP contribution is -2.20. The maximum absolute atomic E-state index is 11.7. The van der Waals surface area contributed by atoms with E-state index in [1.165, 1.54) is 31.2 Å². The van der Waals surface area contributed by atoms with Gasteiger partial charge >= 0.3 is 5.97 Å². The first kappa shape index (κ1) is 15.2. The molecule has 0 fully saturated rings. The summed E-state index contributed by atoms with van der Waals surface area (Å²) in [5.41, 5.74) is -0.0695. The molecule has 19 heavy (non-hydrogen) atoms. The number of esters is 1. The Bertz CT molecular complexity index is 485. The summed E-state index contributed by atoms with van der Waals surface area (Å²) in [5, 5.41) is 10.4. The number of hydrogen-bond acceptors (Lipinski definition) is 6.